The molecule has 0 heterocycles. The van der Waals surface area contributed by atoms with Crippen molar-refractivity contribution in [1.29, 1.82) is 0 Å². The summed E-state index contributed by atoms with van der Waals surface area (Å²) >= 11 is 0. The third-order valence-corrected chi connectivity index (χ3v) is 2.44. The fourth-order valence-corrected chi connectivity index (χ4v) is 1.46. The van der Waals surface area contributed by atoms with Crippen LogP contribution in [-0.4, -0.2) is 18.2 Å². The van der Waals surface area contributed by atoms with Crippen molar-refractivity contribution < 1.29 is 19.1 Å². The minimum atomic E-state index is -0.779. The van der Waals surface area contributed by atoms with Gasteiger partial charge in [0, 0.05) is 18.9 Å². The van der Waals surface area contributed by atoms with E-state index in [1.165, 1.54) is 0 Å². The molecule has 0 aromatic rings. The molecule has 19 heavy (non-hydrogen) atoms. The summed E-state index contributed by atoms with van der Waals surface area (Å²) in [5, 5.41) is 0. The molecule has 0 N–H and O–H groups in total. The van der Waals surface area contributed by atoms with E-state index in [1.807, 2.05) is 6.92 Å². The molecule has 0 rings (SSSR count). The van der Waals surface area contributed by atoms with E-state index in [-0.39, 0.29) is 15.9 Å². The maximum atomic E-state index is 11.5. The van der Waals surface area contributed by atoms with Crippen molar-refractivity contribution in [2.24, 2.45) is 0 Å². The monoisotopic (exact) mass is 290 g/mol. The highest BCUT2D eigenvalue weighted by molar-refractivity contribution is 6.92. The zero-order valence-corrected chi connectivity index (χ0v) is 13.6. The maximum Gasteiger partial charge on any atom is 0.333 e. The first-order chi connectivity index (χ1) is 8.63. The van der Waals surface area contributed by atoms with Gasteiger partial charge in [-0.05, 0) is 12.8 Å². The molecule has 0 fully saturated rings. The molecule has 2 unspecified atom stereocenters. The Balaban J connectivity index is 0. The Labute approximate surface area is 119 Å². The van der Waals surface area contributed by atoms with Gasteiger partial charge >= 0.3 is 11.9 Å². The Bertz CT molecular complexity index is 266. The van der Waals surface area contributed by atoms with Gasteiger partial charge in [0.25, 0.3) is 0 Å². The predicted molar refractivity (Wildman–Crippen MR) is 80.9 cm³/mol. The van der Waals surface area contributed by atoms with Crippen molar-refractivity contribution in [3.63, 3.8) is 0 Å². The normalized spacial score (nSPS) is 11.1. The van der Waals surface area contributed by atoms with Crippen LogP contribution in [0.4, 0.5) is 0 Å². The van der Waals surface area contributed by atoms with Gasteiger partial charge in [-0.1, -0.05) is 39.7 Å². The third-order valence-electron chi connectivity index (χ3n) is 2.44. The molecule has 4 nitrogen and oxygen atoms in total. The maximum absolute atomic E-state index is 11.5. The van der Waals surface area contributed by atoms with Gasteiger partial charge in [-0.15, -0.1) is 0 Å². The van der Waals surface area contributed by atoms with E-state index in [9.17, 15) is 9.59 Å². The second kappa shape index (κ2) is 13.5. The van der Waals surface area contributed by atoms with Crippen molar-refractivity contribution >= 4 is 21.8 Å². The number of rotatable bonds is 10. The second-order valence-corrected chi connectivity index (χ2v) is 4.16. The molecule has 0 spiro atoms. The lowest BCUT2D eigenvalue weighted by molar-refractivity contribution is -0.185. The second-order valence-electron chi connectivity index (χ2n) is 4.16. The highest BCUT2D eigenvalue weighted by Crippen LogP contribution is 2.09. The predicted octanol–water partition coefficient (Wildman–Crippen LogP) is 3.41. The molecule has 0 aromatic carbocycles. The molecule has 5 heteroatoms. The lowest BCUT2D eigenvalue weighted by Gasteiger charge is -2.16. The number of hydrogen-bond donors (Lipinski definition) is 0. The molecule has 0 aliphatic rings. The standard InChI is InChI=1S/C14H24O4.H3P/c1-4-7-8-9-11-13(16)18-14(10-5-2)17-12(15)6-3;/h6,14H,3-5,7-11H2,1-2H3;1H3. The molecule has 2 atom stereocenters. The largest absolute Gasteiger partial charge is 0.425 e. The summed E-state index contributed by atoms with van der Waals surface area (Å²) in [6.07, 6.45) is 6.06. The third kappa shape index (κ3) is 11.9. The van der Waals surface area contributed by atoms with Crippen LogP contribution in [0.5, 0.6) is 0 Å². The van der Waals surface area contributed by atoms with Gasteiger partial charge in [-0.3, -0.25) is 4.79 Å². The lowest BCUT2D eigenvalue weighted by atomic mass is 10.1. The number of ether oxygens (including phenoxy) is 2. The van der Waals surface area contributed by atoms with Crippen LogP contribution in [0.15, 0.2) is 12.7 Å². The fourth-order valence-electron chi connectivity index (χ4n) is 1.46. The molecular weight excluding hydrogens is 263 g/mol. The number of esters is 2. The topological polar surface area (TPSA) is 52.6 Å². The van der Waals surface area contributed by atoms with Gasteiger partial charge in [0.15, 0.2) is 0 Å². The Hall–Kier alpha value is -0.890. The van der Waals surface area contributed by atoms with E-state index in [0.717, 1.165) is 38.2 Å². The summed E-state index contributed by atoms with van der Waals surface area (Å²) in [5.41, 5.74) is 0. The van der Waals surface area contributed by atoms with E-state index in [4.69, 9.17) is 9.47 Å². The average molecular weight is 290 g/mol. The van der Waals surface area contributed by atoms with Crippen LogP contribution in [0.25, 0.3) is 0 Å². The molecule has 0 aliphatic carbocycles. The Morgan fingerprint density at radius 2 is 1.79 bits per heavy atom. The van der Waals surface area contributed by atoms with Gasteiger partial charge < -0.3 is 9.47 Å². The summed E-state index contributed by atoms with van der Waals surface area (Å²) in [5.74, 6) is -0.867. The summed E-state index contributed by atoms with van der Waals surface area (Å²) in [6.45, 7) is 7.36. The Kier molecular flexibility index (Phi) is 14.6. The zero-order valence-electron chi connectivity index (χ0n) is 12.2. The Morgan fingerprint density at radius 1 is 1.11 bits per heavy atom. The molecule has 0 aromatic heterocycles. The number of carbonyl (C=O) groups is 2. The first-order valence-electron chi connectivity index (χ1n) is 6.66. The van der Waals surface area contributed by atoms with Crippen molar-refractivity contribution in [2.75, 3.05) is 0 Å². The minimum absolute atomic E-state index is 0. The van der Waals surface area contributed by atoms with Gasteiger partial charge in [0.2, 0.25) is 6.29 Å². The summed E-state index contributed by atoms with van der Waals surface area (Å²) < 4.78 is 10.1. The fraction of sp³-hybridized carbons (Fsp3) is 0.714. The van der Waals surface area contributed by atoms with E-state index in [2.05, 4.69) is 13.5 Å². The minimum Gasteiger partial charge on any atom is -0.425 e. The molecule has 0 amide bonds. The van der Waals surface area contributed by atoms with Gasteiger partial charge in [-0.2, -0.15) is 9.90 Å². The van der Waals surface area contributed by atoms with Gasteiger partial charge in [0.05, 0.1) is 0 Å². The molecule has 0 saturated carbocycles. The van der Waals surface area contributed by atoms with Crippen LogP contribution in [0.3, 0.4) is 0 Å². The van der Waals surface area contributed by atoms with E-state index < -0.39 is 12.3 Å². The molecule has 112 valence electrons. The van der Waals surface area contributed by atoms with E-state index in [1.54, 1.807) is 0 Å². The average Bonchev–Trinajstić information content (AvgIpc) is 2.34. The zero-order chi connectivity index (χ0) is 13.8. The van der Waals surface area contributed by atoms with Gasteiger partial charge in [0.1, 0.15) is 0 Å². The van der Waals surface area contributed by atoms with Crippen LogP contribution in [-0.2, 0) is 19.1 Å². The lowest BCUT2D eigenvalue weighted by Crippen LogP contribution is -2.23. The molecule has 0 saturated heterocycles. The Morgan fingerprint density at radius 3 is 2.32 bits per heavy atom. The van der Waals surface area contributed by atoms with Crippen molar-refractivity contribution in [3.05, 3.63) is 12.7 Å². The number of carbonyl (C=O) groups excluding carboxylic acids is 2. The molecule has 0 aliphatic heterocycles. The van der Waals surface area contributed by atoms with Crippen LogP contribution < -0.4 is 0 Å². The summed E-state index contributed by atoms with van der Waals surface area (Å²) in [4.78, 5) is 22.6. The van der Waals surface area contributed by atoms with Crippen LogP contribution >= 0.6 is 9.90 Å². The highest BCUT2D eigenvalue weighted by Gasteiger charge is 2.16. The number of unbranched alkanes of at least 4 members (excludes halogenated alkanes) is 3. The van der Waals surface area contributed by atoms with Crippen LogP contribution in [0.1, 0.15) is 58.8 Å². The van der Waals surface area contributed by atoms with Crippen LogP contribution in [0.2, 0.25) is 0 Å². The highest BCUT2D eigenvalue weighted by atomic mass is 31.0. The van der Waals surface area contributed by atoms with E-state index >= 15 is 0 Å². The number of hydrogen-bond acceptors (Lipinski definition) is 4. The quantitative estimate of drug-likeness (QED) is 0.203. The molecular formula is C14H27O4P. The smallest absolute Gasteiger partial charge is 0.333 e. The van der Waals surface area contributed by atoms with E-state index in [0.29, 0.717) is 12.8 Å². The SMILES string of the molecule is C=CC(=O)OC(CCC)OC(=O)CCCCCC.P. The summed E-state index contributed by atoms with van der Waals surface area (Å²) in [7, 11) is 0. The van der Waals surface area contributed by atoms with Crippen LogP contribution in [0, 0.1) is 0 Å². The summed E-state index contributed by atoms with van der Waals surface area (Å²) in [6, 6.07) is 0. The van der Waals surface area contributed by atoms with Gasteiger partial charge in [-0.25, -0.2) is 4.79 Å². The molecule has 0 bridgehead atoms. The van der Waals surface area contributed by atoms with Crippen molar-refractivity contribution in [3.8, 4) is 0 Å². The van der Waals surface area contributed by atoms with Crippen molar-refractivity contribution in [2.45, 2.75) is 65.1 Å². The molecule has 0 radical (unpaired) electrons. The van der Waals surface area contributed by atoms with Crippen molar-refractivity contribution in [1.82, 2.24) is 0 Å². The first-order valence-corrected chi connectivity index (χ1v) is 6.66. The first kappa shape index (κ1) is 20.4.